The lowest BCUT2D eigenvalue weighted by Crippen LogP contribution is -2.11. The van der Waals surface area contributed by atoms with Crippen LogP contribution in [0.4, 0.5) is 19.1 Å². The Morgan fingerprint density at radius 1 is 1.30 bits per heavy atom. The van der Waals surface area contributed by atoms with Gasteiger partial charge >= 0.3 is 6.18 Å². The van der Waals surface area contributed by atoms with Crippen LogP contribution >= 0.6 is 12.4 Å². The van der Waals surface area contributed by atoms with Gasteiger partial charge in [-0.25, -0.2) is 10.1 Å². The average Bonchev–Trinajstić information content (AvgIpc) is 2.75. The van der Waals surface area contributed by atoms with Crippen LogP contribution in [0.25, 0.3) is 0 Å². The summed E-state index contributed by atoms with van der Waals surface area (Å²) in [7, 11) is 0. The van der Waals surface area contributed by atoms with Crippen molar-refractivity contribution in [3.05, 3.63) is 41.7 Å². The number of nitrogen functional groups attached to an aromatic ring is 1. The van der Waals surface area contributed by atoms with Crippen molar-refractivity contribution >= 4 is 24.6 Å². The summed E-state index contributed by atoms with van der Waals surface area (Å²) in [4.78, 5) is 0. The Kier molecular flexibility index (Phi) is 4.92. The minimum absolute atomic E-state index is 0. The number of aromatic nitrogens is 3. The van der Waals surface area contributed by atoms with E-state index in [1.54, 1.807) is 0 Å². The van der Waals surface area contributed by atoms with E-state index in [2.05, 4.69) is 20.7 Å². The van der Waals surface area contributed by atoms with Crippen molar-refractivity contribution in [3.8, 4) is 0 Å². The molecule has 3 N–H and O–H groups in total. The fourth-order valence-corrected chi connectivity index (χ4v) is 1.35. The lowest BCUT2D eigenvalue weighted by atomic mass is 10.1. The van der Waals surface area contributed by atoms with E-state index in [-0.39, 0.29) is 23.9 Å². The number of nitrogens with one attached hydrogen (secondary N) is 1. The van der Waals surface area contributed by atoms with E-state index in [4.69, 9.17) is 5.84 Å². The summed E-state index contributed by atoms with van der Waals surface area (Å²) >= 11 is 0. The molecule has 2 rings (SSSR count). The number of alkyl halides is 3. The highest BCUT2D eigenvalue weighted by Crippen LogP contribution is 2.31. The molecule has 0 radical (unpaired) electrons. The molecule has 0 saturated carbocycles. The number of benzene rings is 1. The first-order chi connectivity index (χ1) is 8.98. The molecule has 6 nitrogen and oxygen atoms in total. The topological polar surface area (TPSA) is 81.1 Å². The molecule has 0 unspecified atom stereocenters. The predicted molar refractivity (Wildman–Crippen MR) is 70.1 cm³/mol. The van der Waals surface area contributed by atoms with Crippen molar-refractivity contribution in [3.63, 3.8) is 0 Å². The highest BCUT2D eigenvalue weighted by Gasteiger charge is 2.32. The Morgan fingerprint density at radius 2 is 2.00 bits per heavy atom. The standard InChI is InChI=1S/C10H9F3N6.ClH/c11-10(12,13)8-4-2-1-3-7(8)5-15-17-9-18-16-6-19(9)14;/h1-6H,14H2,(H,17,18);1H/b15-5+;. The van der Waals surface area contributed by atoms with Gasteiger partial charge in [-0.3, -0.25) is 0 Å². The second-order valence-electron chi connectivity index (χ2n) is 3.52. The fraction of sp³-hybridized carbons (Fsp3) is 0.100. The van der Waals surface area contributed by atoms with Gasteiger partial charge in [0.15, 0.2) is 0 Å². The van der Waals surface area contributed by atoms with Crippen LogP contribution in [0.15, 0.2) is 35.7 Å². The minimum atomic E-state index is -4.43. The zero-order chi connectivity index (χ0) is 13.9. The molecule has 108 valence electrons. The SMILES string of the molecule is Cl.Nn1cnnc1N/N=C/c1ccccc1C(F)(F)F. The van der Waals surface area contributed by atoms with Gasteiger partial charge in [0.2, 0.25) is 0 Å². The number of anilines is 1. The molecule has 0 saturated heterocycles. The number of hydrogen-bond donors (Lipinski definition) is 2. The lowest BCUT2D eigenvalue weighted by molar-refractivity contribution is -0.137. The molecular formula is C10H10ClF3N6. The summed E-state index contributed by atoms with van der Waals surface area (Å²) in [5.74, 6) is 5.51. The first kappa shape index (κ1) is 15.8. The molecule has 1 aromatic heterocycles. The summed E-state index contributed by atoms with van der Waals surface area (Å²) in [6.07, 6.45) is -2.17. The first-order valence-electron chi connectivity index (χ1n) is 5.09. The van der Waals surface area contributed by atoms with Gasteiger partial charge in [-0.05, 0) is 6.07 Å². The molecule has 0 aliphatic carbocycles. The maximum atomic E-state index is 12.7. The van der Waals surface area contributed by atoms with Crippen LogP contribution in [0.3, 0.4) is 0 Å². The van der Waals surface area contributed by atoms with E-state index < -0.39 is 11.7 Å². The van der Waals surface area contributed by atoms with Crippen LogP contribution in [0.1, 0.15) is 11.1 Å². The highest BCUT2D eigenvalue weighted by atomic mass is 35.5. The summed E-state index contributed by atoms with van der Waals surface area (Å²) in [5.41, 5.74) is 1.55. The molecule has 0 atom stereocenters. The van der Waals surface area contributed by atoms with Gasteiger partial charge in [-0.2, -0.15) is 18.3 Å². The molecule has 0 amide bonds. The van der Waals surface area contributed by atoms with Gasteiger partial charge < -0.3 is 5.84 Å². The molecule has 2 aromatic rings. The van der Waals surface area contributed by atoms with Gasteiger partial charge in [0, 0.05) is 5.56 Å². The number of hydrazone groups is 1. The Balaban J connectivity index is 0.00000200. The van der Waals surface area contributed by atoms with Crippen LogP contribution in [0.2, 0.25) is 0 Å². The van der Waals surface area contributed by atoms with Gasteiger partial charge in [0.1, 0.15) is 6.33 Å². The quantitative estimate of drug-likeness (QED) is 0.515. The smallest absolute Gasteiger partial charge is 0.335 e. The molecule has 0 aliphatic rings. The van der Waals surface area contributed by atoms with E-state index >= 15 is 0 Å². The number of rotatable bonds is 3. The Hall–Kier alpha value is -2.29. The maximum Gasteiger partial charge on any atom is 0.417 e. The number of nitrogens with two attached hydrogens (primary N) is 1. The van der Waals surface area contributed by atoms with Crippen LogP contribution in [-0.4, -0.2) is 21.1 Å². The molecule has 0 spiro atoms. The Morgan fingerprint density at radius 3 is 2.60 bits per heavy atom. The Labute approximate surface area is 117 Å². The highest BCUT2D eigenvalue weighted by molar-refractivity contribution is 5.85. The van der Waals surface area contributed by atoms with Crippen molar-refractivity contribution in [1.29, 1.82) is 0 Å². The van der Waals surface area contributed by atoms with Gasteiger partial charge in [0.05, 0.1) is 11.8 Å². The van der Waals surface area contributed by atoms with Crippen molar-refractivity contribution in [2.24, 2.45) is 5.10 Å². The third-order valence-corrected chi connectivity index (χ3v) is 2.21. The van der Waals surface area contributed by atoms with Crippen LogP contribution in [-0.2, 0) is 6.18 Å². The number of halogens is 4. The summed E-state index contributed by atoms with van der Waals surface area (Å²) in [6, 6.07) is 5.08. The van der Waals surface area contributed by atoms with Crippen molar-refractivity contribution < 1.29 is 13.2 Å². The summed E-state index contributed by atoms with van der Waals surface area (Å²) in [6.45, 7) is 0. The van der Waals surface area contributed by atoms with E-state index in [0.717, 1.165) is 17.0 Å². The third kappa shape index (κ3) is 3.60. The molecule has 20 heavy (non-hydrogen) atoms. The molecular weight excluding hydrogens is 297 g/mol. The van der Waals surface area contributed by atoms with Crippen LogP contribution in [0, 0.1) is 0 Å². The van der Waals surface area contributed by atoms with Crippen molar-refractivity contribution in [2.45, 2.75) is 6.18 Å². The molecule has 0 bridgehead atoms. The first-order valence-corrected chi connectivity index (χ1v) is 5.09. The summed E-state index contributed by atoms with van der Waals surface area (Å²) < 4.78 is 39.1. The van der Waals surface area contributed by atoms with E-state index in [9.17, 15) is 13.2 Å². The fourth-order valence-electron chi connectivity index (χ4n) is 1.35. The molecule has 10 heteroatoms. The van der Waals surface area contributed by atoms with E-state index in [1.807, 2.05) is 0 Å². The predicted octanol–water partition coefficient (Wildman–Crippen LogP) is 1.88. The van der Waals surface area contributed by atoms with E-state index in [1.165, 1.54) is 24.5 Å². The van der Waals surface area contributed by atoms with Gasteiger partial charge in [-0.15, -0.1) is 22.6 Å². The number of nitrogens with zero attached hydrogens (tertiary/aromatic N) is 4. The average molecular weight is 307 g/mol. The zero-order valence-electron chi connectivity index (χ0n) is 9.87. The molecule has 1 aromatic carbocycles. The van der Waals surface area contributed by atoms with Crippen LogP contribution in [0.5, 0.6) is 0 Å². The van der Waals surface area contributed by atoms with Gasteiger partial charge in [-0.1, -0.05) is 18.2 Å². The van der Waals surface area contributed by atoms with Crippen molar-refractivity contribution in [2.75, 3.05) is 11.3 Å². The number of hydrogen-bond acceptors (Lipinski definition) is 5. The molecule has 1 heterocycles. The minimum Gasteiger partial charge on any atom is -0.335 e. The second kappa shape index (κ2) is 6.24. The molecule has 0 aliphatic heterocycles. The molecule has 0 fully saturated rings. The van der Waals surface area contributed by atoms with Gasteiger partial charge in [0.25, 0.3) is 5.95 Å². The lowest BCUT2D eigenvalue weighted by Gasteiger charge is -2.09. The zero-order valence-corrected chi connectivity index (χ0v) is 10.7. The normalized spacial score (nSPS) is 11.3. The third-order valence-electron chi connectivity index (χ3n) is 2.21. The Bertz CT molecular complexity index is 595. The van der Waals surface area contributed by atoms with Crippen molar-refractivity contribution in [1.82, 2.24) is 14.9 Å². The second-order valence-corrected chi connectivity index (χ2v) is 3.52. The largest absolute Gasteiger partial charge is 0.417 e. The van der Waals surface area contributed by atoms with E-state index in [0.29, 0.717) is 0 Å². The van der Waals surface area contributed by atoms with Crippen LogP contribution < -0.4 is 11.3 Å². The monoisotopic (exact) mass is 306 g/mol. The summed E-state index contributed by atoms with van der Waals surface area (Å²) in [5, 5.41) is 10.7. The maximum absolute atomic E-state index is 12.7.